The number of hydrogen-bond donors (Lipinski definition) is 2. The smallest absolute Gasteiger partial charge is 0.225 e. The molecule has 0 aromatic rings. The van der Waals surface area contributed by atoms with E-state index in [9.17, 15) is 13.2 Å². The lowest BCUT2D eigenvalue weighted by Crippen LogP contribution is -2.48. The van der Waals surface area contributed by atoms with Gasteiger partial charge in [0.1, 0.15) is 0 Å². The number of nitrogens with zero attached hydrogens (tertiary/aromatic N) is 1. The second-order valence-corrected chi connectivity index (χ2v) is 7.62. The van der Waals surface area contributed by atoms with Gasteiger partial charge in [-0.15, -0.1) is 0 Å². The van der Waals surface area contributed by atoms with Gasteiger partial charge in [-0.2, -0.15) is 0 Å². The summed E-state index contributed by atoms with van der Waals surface area (Å²) in [5.74, 6) is 0.193. The fraction of sp³-hybridized carbons (Fsp3) is 0.923. The summed E-state index contributed by atoms with van der Waals surface area (Å²) in [5.41, 5.74) is 0. The zero-order valence-electron chi connectivity index (χ0n) is 12.5. The average molecular weight is 319 g/mol. The summed E-state index contributed by atoms with van der Waals surface area (Å²) >= 11 is 0. The van der Waals surface area contributed by atoms with Gasteiger partial charge in [0.15, 0.2) is 0 Å². The predicted molar refractivity (Wildman–Crippen MR) is 79.4 cm³/mol. The van der Waals surface area contributed by atoms with Crippen LogP contribution in [0.5, 0.6) is 0 Å². The Bertz CT molecular complexity index is 440. The van der Waals surface area contributed by atoms with Crippen molar-refractivity contribution in [1.29, 1.82) is 0 Å². The topological polar surface area (TPSA) is 87.7 Å². The lowest BCUT2D eigenvalue weighted by molar-refractivity contribution is -0.135. The van der Waals surface area contributed by atoms with Crippen LogP contribution in [0.15, 0.2) is 0 Å². The Morgan fingerprint density at radius 3 is 2.67 bits per heavy atom. The molecule has 0 aliphatic carbocycles. The van der Waals surface area contributed by atoms with Crippen LogP contribution in [-0.2, 0) is 19.6 Å². The summed E-state index contributed by atoms with van der Waals surface area (Å²) in [7, 11) is -3.16. The van der Waals surface area contributed by atoms with E-state index in [0.29, 0.717) is 39.0 Å². The van der Waals surface area contributed by atoms with Crippen molar-refractivity contribution >= 4 is 15.9 Å². The standard InChI is InChI=1S/C13H25N3O4S/c1-2-21(18,19)15-11-3-6-16(7-4-11)13(17)9-12-10-14-5-8-20-12/h11-12,14-15H,2-10H2,1H3. The summed E-state index contributed by atoms with van der Waals surface area (Å²) in [4.78, 5) is 14.0. The Morgan fingerprint density at radius 1 is 1.38 bits per heavy atom. The van der Waals surface area contributed by atoms with Crippen LogP contribution in [0.4, 0.5) is 0 Å². The lowest BCUT2D eigenvalue weighted by Gasteiger charge is -2.33. The Labute approximate surface area is 126 Å². The van der Waals surface area contributed by atoms with Gasteiger partial charge < -0.3 is 15.0 Å². The Hall–Kier alpha value is -0.700. The van der Waals surface area contributed by atoms with Gasteiger partial charge in [-0.3, -0.25) is 4.79 Å². The fourth-order valence-corrected chi connectivity index (χ4v) is 3.57. The molecule has 2 aliphatic heterocycles. The lowest BCUT2D eigenvalue weighted by atomic mass is 10.1. The van der Waals surface area contributed by atoms with Crippen LogP contribution < -0.4 is 10.0 Å². The van der Waals surface area contributed by atoms with Crippen molar-refractivity contribution in [1.82, 2.24) is 14.9 Å². The minimum absolute atomic E-state index is 0.0393. The molecule has 21 heavy (non-hydrogen) atoms. The molecule has 122 valence electrons. The highest BCUT2D eigenvalue weighted by atomic mass is 32.2. The number of piperidine rings is 1. The Kier molecular flexibility index (Phi) is 5.98. The van der Waals surface area contributed by atoms with Gasteiger partial charge in [0.25, 0.3) is 0 Å². The molecular weight excluding hydrogens is 294 g/mol. The molecule has 2 saturated heterocycles. The van der Waals surface area contributed by atoms with E-state index in [4.69, 9.17) is 4.74 Å². The molecule has 2 aliphatic rings. The van der Waals surface area contributed by atoms with Crippen molar-refractivity contribution < 1.29 is 17.9 Å². The minimum Gasteiger partial charge on any atom is -0.375 e. The number of carbonyl (C=O) groups excluding carboxylic acids is 1. The van der Waals surface area contributed by atoms with Crippen LogP contribution in [-0.4, -0.2) is 69.9 Å². The number of likely N-dealkylation sites (tertiary alicyclic amines) is 1. The number of morpholine rings is 1. The predicted octanol–water partition coefficient (Wildman–Crippen LogP) is -0.705. The molecule has 0 bridgehead atoms. The van der Waals surface area contributed by atoms with E-state index in [1.54, 1.807) is 6.92 Å². The number of amides is 1. The monoisotopic (exact) mass is 319 g/mol. The van der Waals surface area contributed by atoms with Crippen molar-refractivity contribution in [2.24, 2.45) is 0 Å². The number of nitrogens with one attached hydrogen (secondary N) is 2. The van der Waals surface area contributed by atoms with E-state index in [-0.39, 0.29) is 23.8 Å². The molecule has 2 N–H and O–H groups in total. The number of ether oxygens (including phenoxy) is 1. The van der Waals surface area contributed by atoms with Crippen LogP contribution in [0.1, 0.15) is 26.2 Å². The summed E-state index contributed by atoms with van der Waals surface area (Å²) in [5, 5.41) is 3.21. The van der Waals surface area contributed by atoms with Crippen LogP contribution >= 0.6 is 0 Å². The largest absolute Gasteiger partial charge is 0.375 e. The van der Waals surface area contributed by atoms with Gasteiger partial charge >= 0.3 is 0 Å². The van der Waals surface area contributed by atoms with Gasteiger partial charge in [-0.05, 0) is 19.8 Å². The zero-order valence-corrected chi connectivity index (χ0v) is 13.3. The van der Waals surface area contributed by atoms with E-state index in [1.807, 2.05) is 4.90 Å². The summed E-state index contributed by atoms with van der Waals surface area (Å²) < 4.78 is 31.3. The Balaban J connectivity index is 1.74. The third-order valence-corrected chi connectivity index (χ3v) is 5.43. The van der Waals surface area contributed by atoms with Gasteiger partial charge in [-0.25, -0.2) is 13.1 Å². The van der Waals surface area contributed by atoms with Crippen molar-refractivity contribution in [3.63, 3.8) is 0 Å². The van der Waals surface area contributed by atoms with Crippen LogP contribution in [0.3, 0.4) is 0 Å². The summed E-state index contributed by atoms with van der Waals surface area (Å²) in [6, 6.07) is -0.0494. The van der Waals surface area contributed by atoms with E-state index in [1.165, 1.54) is 0 Å². The number of carbonyl (C=O) groups is 1. The zero-order chi connectivity index (χ0) is 15.3. The highest BCUT2D eigenvalue weighted by Crippen LogP contribution is 2.14. The van der Waals surface area contributed by atoms with Crippen LogP contribution in [0, 0.1) is 0 Å². The summed E-state index contributed by atoms with van der Waals surface area (Å²) in [6.45, 7) is 5.05. The molecule has 7 nitrogen and oxygen atoms in total. The van der Waals surface area contributed by atoms with E-state index >= 15 is 0 Å². The van der Waals surface area contributed by atoms with Gasteiger partial charge in [-0.1, -0.05) is 0 Å². The van der Waals surface area contributed by atoms with Crippen molar-refractivity contribution in [3.8, 4) is 0 Å². The van der Waals surface area contributed by atoms with Crippen molar-refractivity contribution in [2.75, 3.05) is 38.5 Å². The molecule has 0 spiro atoms. The molecule has 8 heteroatoms. The maximum absolute atomic E-state index is 12.2. The highest BCUT2D eigenvalue weighted by Gasteiger charge is 2.27. The van der Waals surface area contributed by atoms with Crippen LogP contribution in [0.2, 0.25) is 0 Å². The molecule has 0 aromatic heterocycles. The molecule has 2 heterocycles. The third kappa shape index (κ3) is 5.21. The molecule has 2 fully saturated rings. The molecule has 0 radical (unpaired) electrons. The SMILES string of the molecule is CCS(=O)(=O)NC1CCN(C(=O)CC2CNCCO2)CC1. The van der Waals surface area contributed by atoms with E-state index in [2.05, 4.69) is 10.0 Å². The molecule has 0 saturated carbocycles. The first-order chi connectivity index (χ1) is 10.00. The van der Waals surface area contributed by atoms with E-state index in [0.717, 1.165) is 13.1 Å². The minimum atomic E-state index is -3.16. The number of rotatable bonds is 5. The first-order valence-electron chi connectivity index (χ1n) is 7.60. The molecule has 0 aromatic carbocycles. The second-order valence-electron chi connectivity index (χ2n) is 5.58. The molecule has 1 atom stereocenters. The third-order valence-electron chi connectivity index (χ3n) is 3.98. The maximum Gasteiger partial charge on any atom is 0.225 e. The average Bonchev–Trinajstić information content (AvgIpc) is 2.48. The fourth-order valence-electron chi connectivity index (χ4n) is 2.66. The molecule has 1 amide bonds. The normalized spacial score (nSPS) is 25.0. The highest BCUT2D eigenvalue weighted by molar-refractivity contribution is 7.89. The van der Waals surface area contributed by atoms with Gasteiger partial charge in [0, 0.05) is 32.2 Å². The molecule has 2 rings (SSSR count). The maximum atomic E-state index is 12.2. The first-order valence-corrected chi connectivity index (χ1v) is 9.25. The first kappa shape index (κ1) is 16.7. The second kappa shape index (κ2) is 7.53. The number of hydrogen-bond acceptors (Lipinski definition) is 5. The number of sulfonamides is 1. The van der Waals surface area contributed by atoms with E-state index < -0.39 is 10.0 Å². The van der Waals surface area contributed by atoms with Gasteiger partial charge in [0.2, 0.25) is 15.9 Å². The quantitative estimate of drug-likeness (QED) is 0.699. The summed E-state index contributed by atoms with van der Waals surface area (Å²) in [6.07, 6.45) is 1.71. The Morgan fingerprint density at radius 2 is 2.10 bits per heavy atom. The molecular formula is C13H25N3O4S. The van der Waals surface area contributed by atoms with Crippen molar-refractivity contribution in [2.45, 2.75) is 38.3 Å². The van der Waals surface area contributed by atoms with Crippen molar-refractivity contribution in [3.05, 3.63) is 0 Å². The van der Waals surface area contributed by atoms with Gasteiger partial charge in [0.05, 0.1) is 24.9 Å². The molecule has 1 unspecified atom stereocenters. The van der Waals surface area contributed by atoms with Crippen LogP contribution in [0.25, 0.3) is 0 Å².